The lowest BCUT2D eigenvalue weighted by molar-refractivity contribution is -0.153. The Bertz CT molecular complexity index is 1500. The Labute approximate surface area is 227 Å². The van der Waals surface area contributed by atoms with Crippen LogP contribution in [0.1, 0.15) is 37.6 Å². The first-order valence-corrected chi connectivity index (χ1v) is 14.8. The van der Waals surface area contributed by atoms with Gasteiger partial charge in [-0.15, -0.1) is 10.2 Å². The molecule has 1 aliphatic carbocycles. The van der Waals surface area contributed by atoms with E-state index < -0.39 is 33.1 Å². The fourth-order valence-electron chi connectivity index (χ4n) is 4.69. The van der Waals surface area contributed by atoms with E-state index in [9.17, 15) is 22.0 Å². The van der Waals surface area contributed by atoms with Crippen LogP contribution >= 0.6 is 11.3 Å². The van der Waals surface area contributed by atoms with Gasteiger partial charge < -0.3 is 19.3 Å². The molecule has 5 heterocycles. The maximum Gasteiger partial charge on any atom is 0.291 e. The first-order chi connectivity index (χ1) is 18.6. The average Bonchev–Trinajstić information content (AvgIpc) is 3.30. The molecular weight excluding hydrogens is 556 g/mol. The molecule has 0 unspecified atom stereocenters. The van der Waals surface area contributed by atoms with Crippen molar-refractivity contribution in [3.05, 3.63) is 23.5 Å². The van der Waals surface area contributed by atoms with Gasteiger partial charge in [0.1, 0.15) is 11.6 Å². The Morgan fingerprint density at radius 2 is 2.08 bits per heavy atom. The summed E-state index contributed by atoms with van der Waals surface area (Å²) in [5.74, 6) is 0.00166. The first kappa shape index (κ1) is 26.4. The number of carbonyl (C=O) groups excluding carboxylic acids is 1. The summed E-state index contributed by atoms with van der Waals surface area (Å²) < 4.78 is 68.7. The number of morpholine rings is 1. The summed E-state index contributed by atoms with van der Waals surface area (Å²) in [5, 5.41) is 7.09. The van der Waals surface area contributed by atoms with E-state index >= 15 is 0 Å². The van der Waals surface area contributed by atoms with Crippen LogP contribution in [-0.2, 0) is 24.3 Å². The fourth-order valence-corrected chi connectivity index (χ4v) is 6.86. The van der Waals surface area contributed by atoms with Crippen molar-refractivity contribution in [1.29, 1.82) is 0 Å². The van der Waals surface area contributed by atoms with Crippen LogP contribution in [0.4, 0.5) is 14.5 Å². The van der Waals surface area contributed by atoms with Crippen LogP contribution in [0.3, 0.4) is 0 Å². The minimum atomic E-state index is -3.94. The highest BCUT2D eigenvalue weighted by Gasteiger charge is 2.42. The van der Waals surface area contributed by atoms with E-state index in [0.29, 0.717) is 42.2 Å². The smallest absolute Gasteiger partial charge is 0.291 e. The van der Waals surface area contributed by atoms with E-state index in [0.717, 1.165) is 19.3 Å². The average molecular weight is 584 g/mol. The van der Waals surface area contributed by atoms with Crippen molar-refractivity contribution in [2.45, 2.75) is 49.2 Å². The number of nitrogens with one attached hydrogen (secondary N) is 1. The third kappa shape index (κ3) is 5.23. The number of anilines is 1. The van der Waals surface area contributed by atoms with E-state index in [4.69, 9.17) is 9.47 Å². The number of halogens is 2. The molecule has 39 heavy (non-hydrogen) atoms. The van der Waals surface area contributed by atoms with Gasteiger partial charge in [-0.2, -0.15) is 0 Å². The van der Waals surface area contributed by atoms with E-state index in [2.05, 4.69) is 19.9 Å². The van der Waals surface area contributed by atoms with Crippen molar-refractivity contribution in [3.63, 3.8) is 0 Å². The van der Waals surface area contributed by atoms with Crippen LogP contribution in [0, 0.1) is 0 Å². The number of rotatable bonds is 7. The van der Waals surface area contributed by atoms with E-state index in [1.165, 1.54) is 16.8 Å². The molecule has 0 radical (unpaired) electrons. The number of imidazole rings is 1. The lowest BCUT2D eigenvalue weighted by atomic mass is 10.2. The molecule has 0 bridgehead atoms. The molecule has 210 valence electrons. The lowest BCUT2D eigenvalue weighted by Gasteiger charge is -2.37. The summed E-state index contributed by atoms with van der Waals surface area (Å²) in [4.78, 5) is 21.0. The highest BCUT2D eigenvalue weighted by molar-refractivity contribution is 7.89. The number of nitrogens with zero attached hydrogens (tertiary/aromatic N) is 6. The highest BCUT2D eigenvalue weighted by Crippen LogP contribution is 2.38. The summed E-state index contributed by atoms with van der Waals surface area (Å²) in [6.45, 7) is 4.06. The Balaban J connectivity index is 1.40. The molecule has 3 aliphatic rings. The number of pyridine rings is 1. The molecule has 16 heteroatoms. The van der Waals surface area contributed by atoms with Crippen LogP contribution in [0.25, 0.3) is 16.3 Å². The number of hydrogen-bond acceptors (Lipinski definition) is 10. The van der Waals surface area contributed by atoms with Gasteiger partial charge in [-0.3, -0.25) is 9.20 Å². The molecular formula is C23H27F2N7O5S2. The number of ether oxygens (including phenoxy) is 2. The van der Waals surface area contributed by atoms with Crippen molar-refractivity contribution >= 4 is 38.5 Å². The second-order valence-electron chi connectivity index (χ2n) is 10.1. The van der Waals surface area contributed by atoms with Gasteiger partial charge in [0.25, 0.3) is 12.3 Å². The van der Waals surface area contributed by atoms with Crippen molar-refractivity contribution in [3.8, 4) is 10.8 Å². The monoisotopic (exact) mass is 583 g/mol. The summed E-state index contributed by atoms with van der Waals surface area (Å²) >= 11 is 0.692. The van der Waals surface area contributed by atoms with Gasteiger partial charge in [0.05, 0.1) is 37.2 Å². The summed E-state index contributed by atoms with van der Waals surface area (Å²) in [6.07, 6.45) is 1.59. The van der Waals surface area contributed by atoms with E-state index in [1.54, 1.807) is 11.0 Å². The Morgan fingerprint density at radius 3 is 2.77 bits per heavy atom. The quantitative estimate of drug-likeness (QED) is 0.444. The Morgan fingerprint density at radius 1 is 1.26 bits per heavy atom. The first-order valence-electron chi connectivity index (χ1n) is 12.5. The zero-order valence-electron chi connectivity index (χ0n) is 21.0. The normalized spacial score (nSPS) is 21.6. The van der Waals surface area contributed by atoms with Crippen molar-refractivity contribution < 1.29 is 31.5 Å². The molecule has 1 saturated carbocycles. The number of amides is 1. The van der Waals surface area contributed by atoms with Gasteiger partial charge in [0.15, 0.2) is 21.9 Å². The van der Waals surface area contributed by atoms with Gasteiger partial charge in [-0.25, -0.2) is 26.9 Å². The van der Waals surface area contributed by atoms with Crippen molar-refractivity contribution in [1.82, 2.24) is 29.2 Å². The predicted molar refractivity (Wildman–Crippen MR) is 136 cm³/mol. The lowest BCUT2D eigenvalue weighted by Crippen LogP contribution is -2.52. The number of carbonyl (C=O) groups is 1. The van der Waals surface area contributed by atoms with Crippen LogP contribution in [0.5, 0.6) is 0 Å². The van der Waals surface area contributed by atoms with Crippen molar-refractivity contribution in [2.75, 3.05) is 44.5 Å². The minimum Gasteiger partial charge on any atom is -0.365 e. The van der Waals surface area contributed by atoms with Crippen LogP contribution in [0.2, 0.25) is 0 Å². The summed E-state index contributed by atoms with van der Waals surface area (Å²) in [5.41, 5.74) is 0.543. The second kappa shape index (κ2) is 9.99. The highest BCUT2D eigenvalue weighted by atomic mass is 32.2. The number of aromatic nitrogens is 4. The third-order valence-corrected chi connectivity index (χ3v) is 9.59. The topological polar surface area (TPSA) is 131 Å². The summed E-state index contributed by atoms with van der Waals surface area (Å²) in [7, 11) is -3.94. The van der Waals surface area contributed by atoms with Crippen molar-refractivity contribution in [2.24, 2.45) is 0 Å². The van der Waals surface area contributed by atoms with Gasteiger partial charge in [-0.05, 0) is 32.3 Å². The molecule has 6 rings (SSSR count). The number of fused-ring (bicyclic) bond motifs is 1. The zero-order chi connectivity index (χ0) is 27.4. The van der Waals surface area contributed by atoms with Crippen LogP contribution < -0.4 is 9.62 Å². The largest absolute Gasteiger partial charge is 0.365 e. The van der Waals surface area contributed by atoms with Gasteiger partial charge in [0.2, 0.25) is 10.0 Å². The number of sulfonamides is 1. The number of hydrogen-bond donors (Lipinski definition) is 1. The van der Waals surface area contributed by atoms with E-state index in [1.807, 2.05) is 11.8 Å². The molecule has 2 saturated heterocycles. The van der Waals surface area contributed by atoms with Crippen LogP contribution in [-0.4, -0.2) is 90.0 Å². The van der Waals surface area contributed by atoms with Gasteiger partial charge in [0, 0.05) is 24.8 Å². The standard InChI is InChI=1S/C23H27F2N7O5S2/c1-23(3-4-23)29-39(34,35)14-9-15(30-6-8-37-17(12-30)22(33)31-5-2-7-36-13-31)16-10-26-19(32(16)11-14)21-28-27-20(38-21)18(24)25/h9-11,17-18,29H,2-8,12-13H2,1H3/t17-/m0/s1. The van der Waals surface area contributed by atoms with Gasteiger partial charge >= 0.3 is 0 Å². The molecule has 3 aromatic rings. The molecule has 1 N–H and O–H groups in total. The molecule has 2 aliphatic heterocycles. The minimum absolute atomic E-state index is 0.0187. The fraction of sp³-hybridized carbons (Fsp3) is 0.565. The maximum absolute atomic E-state index is 13.4. The van der Waals surface area contributed by atoms with Crippen LogP contribution in [0.15, 0.2) is 23.4 Å². The second-order valence-corrected chi connectivity index (χ2v) is 12.8. The Hall–Kier alpha value is -2.79. The molecule has 0 aromatic carbocycles. The Kier molecular flexibility index (Phi) is 6.77. The summed E-state index contributed by atoms with van der Waals surface area (Å²) in [6, 6.07) is 1.55. The molecule has 0 spiro atoms. The molecule has 3 fully saturated rings. The zero-order valence-corrected chi connectivity index (χ0v) is 22.7. The van der Waals surface area contributed by atoms with E-state index in [-0.39, 0.29) is 41.5 Å². The number of alkyl halides is 2. The molecule has 1 amide bonds. The molecule has 12 nitrogen and oxygen atoms in total. The maximum atomic E-state index is 13.4. The SMILES string of the molecule is CC1(NS(=O)(=O)c2cc(N3CCO[C@H](C(=O)N4CCCOC4)C3)c3cnc(-c4nnc(C(F)F)s4)n3c2)CC1. The predicted octanol–water partition coefficient (Wildman–Crippen LogP) is 2.03. The molecule has 1 atom stereocenters. The third-order valence-electron chi connectivity index (χ3n) is 7.06. The molecule has 3 aromatic heterocycles. The van der Waals surface area contributed by atoms with Gasteiger partial charge in [-0.1, -0.05) is 11.3 Å².